The van der Waals surface area contributed by atoms with Crippen LogP contribution in [-0.2, 0) is 10.1 Å². The van der Waals surface area contributed by atoms with Gasteiger partial charge in [0.1, 0.15) is 62.2 Å². The predicted molar refractivity (Wildman–Crippen MR) is 201 cm³/mol. The molecule has 0 spiro atoms. The summed E-state index contributed by atoms with van der Waals surface area (Å²) in [6.45, 7) is 0. The van der Waals surface area contributed by atoms with Gasteiger partial charge in [0.05, 0.1) is 0 Å². The number of rotatable bonds is 8. The maximum atomic E-state index is 15.4. The van der Waals surface area contributed by atoms with Crippen LogP contribution in [0.25, 0.3) is 0 Å². The van der Waals surface area contributed by atoms with Crippen LogP contribution >= 0.6 is 9.47 Å². The molecule has 1 unspecified atom stereocenters. The van der Waals surface area contributed by atoms with Crippen LogP contribution in [0.15, 0.2) is 91.0 Å². The summed E-state index contributed by atoms with van der Waals surface area (Å²) in [7, 11) is 1.55. The van der Waals surface area contributed by atoms with Crippen LogP contribution in [0.3, 0.4) is 0 Å². The molecule has 7 rings (SSSR count). The van der Waals surface area contributed by atoms with Crippen molar-refractivity contribution < 1.29 is 92.3 Å². The topological polar surface area (TPSA) is 9.23 Å². The molecule has 66 heavy (non-hydrogen) atoms. The molecule has 0 saturated heterocycles. The third-order valence-corrected chi connectivity index (χ3v) is 10.9. The molecule has 0 aliphatic heterocycles. The average Bonchev–Trinajstić information content (AvgIpc) is 3.33. The van der Waals surface area contributed by atoms with Crippen molar-refractivity contribution in [3.05, 3.63) is 224 Å². The van der Waals surface area contributed by atoms with E-state index in [0.29, 0.717) is 0 Å². The van der Waals surface area contributed by atoms with E-state index >= 15 is 35.1 Å². The highest BCUT2D eigenvalue weighted by Gasteiger charge is 2.52. The van der Waals surface area contributed by atoms with Gasteiger partial charge in [-0.3, -0.25) is 0 Å². The molecule has 7 aromatic rings. The van der Waals surface area contributed by atoms with Gasteiger partial charge in [-0.05, 0) is 16.7 Å². The molecule has 7 aromatic carbocycles. The molecule has 344 valence electrons. The monoisotopic (exact) mass is 972 g/mol. The summed E-state index contributed by atoms with van der Waals surface area (Å²) in [6, 6.07) is 31.1. The zero-order valence-corrected chi connectivity index (χ0v) is 33.3. The fourth-order valence-electron chi connectivity index (χ4n) is 7.64. The molecule has 1 nitrogen and oxygen atoms in total. The van der Waals surface area contributed by atoms with E-state index in [4.69, 9.17) is 4.52 Å². The van der Waals surface area contributed by atoms with Crippen LogP contribution in [0.2, 0.25) is 0 Å². The predicted octanol–water partition coefficient (Wildman–Crippen LogP) is 10.4. The highest BCUT2D eigenvalue weighted by Crippen LogP contribution is 2.42. The van der Waals surface area contributed by atoms with Crippen molar-refractivity contribution in [3.8, 4) is 0 Å². The zero-order chi connectivity index (χ0) is 48.9. The van der Waals surface area contributed by atoms with E-state index in [2.05, 4.69) is 72.8 Å². The van der Waals surface area contributed by atoms with E-state index in [9.17, 15) is 52.7 Å². The van der Waals surface area contributed by atoms with Gasteiger partial charge in [0.15, 0.2) is 75.4 Å². The Morgan fingerprint density at radius 2 is 0.409 bits per heavy atom. The van der Waals surface area contributed by atoms with Crippen molar-refractivity contribution in [3.63, 3.8) is 0 Å². The van der Waals surface area contributed by atoms with E-state index in [-0.39, 0.29) is 0 Å². The molecular weight excluding hydrogens is 954 g/mol. The van der Waals surface area contributed by atoms with Gasteiger partial charge < -0.3 is 0 Å². The van der Waals surface area contributed by atoms with Crippen molar-refractivity contribution in [2.24, 2.45) is 0 Å². The lowest BCUT2D eigenvalue weighted by Crippen LogP contribution is -2.81. The van der Waals surface area contributed by atoms with Gasteiger partial charge in [-0.1, -0.05) is 91.0 Å². The Morgan fingerprint density at radius 1 is 0.258 bits per heavy atom. The van der Waals surface area contributed by atoms with Gasteiger partial charge in [-0.25, -0.2) is 92.3 Å². The fraction of sp³-hybridized carbons (Fsp3) is 0.0233. The number of hydrogen-bond acceptors (Lipinski definition) is 1. The summed E-state index contributed by atoms with van der Waals surface area (Å²) in [5.41, 5.74) is -11.5. The van der Waals surface area contributed by atoms with E-state index in [1.165, 1.54) is 0 Å². The lowest BCUT2D eigenvalue weighted by molar-refractivity contribution is 0.190. The number of benzene rings is 7. The normalized spacial score (nSPS) is 11.8. The highest BCUT2D eigenvalue weighted by molar-refractivity contribution is 7.20. The van der Waals surface area contributed by atoms with Crippen molar-refractivity contribution in [1.82, 2.24) is 0 Å². The maximum Gasteiger partial charge on any atom is 0.200 e. The number of hydrogen-bond donors (Lipinski definition) is 0. The van der Waals surface area contributed by atoms with E-state index in [1.807, 2.05) is 18.2 Å². The van der Waals surface area contributed by atoms with Crippen LogP contribution < -0.4 is 21.9 Å². The fourth-order valence-corrected chi connectivity index (χ4v) is 8.14. The maximum absolute atomic E-state index is 15.4. The summed E-state index contributed by atoms with van der Waals surface area (Å²) in [6.07, 6.45) is -7.22. The van der Waals surface area contributed by atoms with E-state index < -0.39 is 150 Å². The summed E-state index contributed by atoms with van der Waals surface area (Å²) in [5.74, 6) is -71.4. The molecule has 0 saturated carbocycles. The van der Waals surface area contributed by atoms with Crippen LogP contribution in [0.5, 0.6) is 0 Å². The van der Waals surface area contributed by atoms with Crippen LogP contribution in [0, 0.1) is 116 Å². The van der Waals surface area contributed by atoms with Gasteiger partial charge in [-0.15, -0.1) is 21.9 Å². The molecule has 23 heteroatoms. The molecule has 0 radical (unpaired) electrons. The molecular formula is C43H18BF20OP. The largest absolute Gasteiger partial charge is 0.225 e. The summed E-state index contributed by atoms with van der Waals surface area (Å²) in [5, 5.41) is 0. The SMILES string of the molecule is Fc1c(F)c(F)c([B-](c2c(F)c(F)c(F)c(F)c2F)(c2c(F)c(F)c(F)c(F)c2F)c2c(F)c(F)c(F)c(F)c2F)c(F)c1F.[PH3+]OC(c1ccccc1)(c1ccccc1)c1ccccc1. The second-order valence-electron chi connectivity index (χ2n) is 13.7. The minimum Gasteiger partial charge on any atom is -0.225 e. The molecule has 0 heterocycles. The summed E-state index contributed by atoms with van der Waals surface area (Å²) >= 11 is 0. The second-order valence-corrected chi connectivity index (χ2v) is 14.0. The van der Waals surface area contributed by atoms with Gasteiger partial charge >= 0.3 is 0 Å². The van der Waals surface area contributed by atoms with Gasteiger partial charge in [-0.2, -0.15) is 0 Å². The van der Waals surface area contributed by atoms with Gasteiger partial charge in [0.25, 0.3) is 0 Å². The minimum atomic E-state index is -7.22. The van der Waals surface area contributed by atoms with Crippen LogP contribution in [0.4, 0.5) is 87.8 Å². The van der Waals surface area contributed by atoms with Crippen LogP contribution in [-0.4, -0.2) is 6.15 Å². The van der Waals surface area contributed by atoms with Crippen molar-refractivity contribution in [2.45, 2.75) is 5.60 Å². The Labute approximate surface area is 359 Å². The van der Waals surface area contributed by atoms with Crippen LogP contribution in [0.1, 0.15) is 16.7 Å². The summed E-state index contributed by atoms with van der Waals surface area (Å²) in [4.78, 5) is 0. The van der Waals surface area contributed by atoms with Gasteiger partial charge in [0, 0.05) is 0 Å². The minimum absolute atomic E-state index is 0.567. The molecule has 0 amide bonds. The third kappa shape index (κ3) is 7.33. The molecule has 1 atom stereocenters. The van der Waals surface area contributed by atoms with Gasteiger partial charge in [0.2, 0.25) is 0 Å². The smallest absolute Gasteiger partial charge is 0.200 e. The van der Waals surface area contributed by atoms with Crippen molar-refractivity contribution >= 4 is 37.5 Å². The van der Waals surface area contributed by atoms with E-state index in [1.54, 1.807) is 9.47 Å². The Morgan fingerprint density at radius 3 is 0.561 bits per heavy atom. The van der Waals surface area contributed by atoms with Crippen molar-refractivity contribution in [1.29, 1.82) is 0 Å². The number of halogens is 20. The first-order valence-electron chi connectivity index (χ1n) is 17.9. The lowest BCUT2D eigenvalue weighted by atomic mass is 9.12. The standard InChI is InChI=1S/C24BF20.C19H18OP/c26-5-1(6(27)14(35)21(42)13(5)34)25(2-7(28)15(36)22(43)16(37)8(2)29,3-9(30)17(38)23(44)18(39)10(3)31)4-11(32)19(40)24(45)20(41)12(4)33;21-20-19(16-10-4-1-5-11-16,17-12-6-2-7-13-17)18-14-8-3-9-15-18/h;1-15H,21H3/q-1;+1. The molecule has 0 fully saturated rings. The lowest BCUT2D eigenvalue weighted by Gasteiger charge is -2.44. The Bertz CT molecular complexity index is 2530. The highest BCUT2D eigenvalue weighted by atomic mass is 31.0. The molecule has 0 aliphatic carbocycles. The Balaban J connectivity index is 0.000000284. The Kier molecular flexibility index (Phi) is 13.7. The Hall–Kier alpha value is -6.41. The zero-order valence-electron chi connectivity index (χ0n) is 31.9. The molecule has 0 aromatic heterocycles. The third-order valence-electron chi connectivity index (χ3n) is 10.5. The molecule has 0 aliphatic rings. The summed E-state index contributed by atoms with van der Waals surface area (Å²) < 4.78 is 300. The first-order valence-corrected chi connectivity index (χ1v) is 18.5. The van der Waals surface area contributed by atoms with Crippen molar-refractivity contribution in [2.75, 3.05) is 0 Å². The average molecular weight is 972 g/mol. The molecule has 0 N–H and O–H groups in total. The first-order chi connectivity index (χ1) is 31.1. The second kappa shape index (κ2) is 18.5. The quantitative estimate of drug-likeness (QED) is 0.0368. The first kappa shape index (κ1) is 49.0. The molecule has 0 bridgehead atoms. The van der Waals surface area contributed by atoms with E-state index in [0.717, 1.165) is 16.7 Å².